The van der Waals surface area contributed by atoms with Crippen LogP contribution in [0.25, 0.3) is 0 Å². The SMILES string of the molecule is Cc1cc(Cl)c(CCN(CC2CCCCC2)C(=O)c2cnn([C@H]3CC[C@H](C(=O)O)CC3)c2C(F)(F)F)c(Cl)c1. The van der Waals surface area contributed by atoms with Gasteiger partial charge in [0, 0.05) is 23.1 Å². The number of aryl methyl sites for hydroxylation is 1. The molecule has 4 rings (SSSR count). The number of hydrogen-bond donors (Lipinski definition) is 1. The Morgan fingerprint density at radius 1 is 1.05 bits per heavy atom. The van der Waals surface area contributed by atoms with Crippen LogP contribution in [0.5, 0.6) is 0 Å². The van der Waals surface area contributed by atoms with Gasteiger partial charge in [-0.3, -0.25) is 14.3 Å². The van der Waals surface area contributed by atoms with Gasteiger partial charge in [-0.15, -0.1) is 0 Å². The second-order valence-corrected chi connectivity index (χ2v) is 11.7. The molecule has 1 aromatic heterocycles. The van der Waals surface area contributed by atoms with Crippen LogP contribution >= 0.6 is 23.2 Å². The van der Waals surface area contributed by atoms with Crippen LogP contribution in [0.2, 0.25) is 10.0 Å². The molecule has 0 bridgehead atoms. The summed E-state index contributed by atoms with van der Waals surface area (Å²) in [4.78, 5) is 26.6. The fourth-order valence-electron chi connectivity index (χ4n) is 5.99. The molecule has 1 heterocycles. The molecule has 2 fully saturated rings. The van der Waals surface area contributed by atoms with Gasteiger partial charge in [-0.25, -0.2) is 0 Å². The van der Waals surface area contributed by atoms with Crippen molar-refractivity contribution in [2.75, 3.05) is 13.1 Å². The quantitative estimate of drug-likeness (QED) is 0.345. The van der Waals surface area contributed by atoms with Crippen molar-refractivity contribution in [1.82, 2.24) is 14.7 Å². The van der Waals surface area contributed by atoms with E-state index in [0.29, 0.717) is 28.6 Å². The van der Waals surface area contributed by atoms with E-state index in [9.17, 15) is 27.9 Å². The van der Waals surface area contributed by atoms with Crippen molar-refractivity contribution in [3.63, 3.8) is 0 Å². The summed E-state index contributed by atoms with van der Waals surface area (Å²) in [5.41, 5.74) is 0.0157. The Morgan fingerprint density at radius 3 is 2.23 bits per heavy atom. The lowest BCUT2D eigenvalue weighted by Crippen LogP contribution is -2.38. The summed E-state index contributed by atoms with van der Waals surface area (Å²) >= 11 is 12.8. The monoisotopic (exact) mass is 587 g/mol. The van der Waals surface area contributed by atoms with Crippen molar-refractivity contribution in [3.05, 3.63) is 50.8 Å². The Labute approximate surface area is 236 Å². The lowest BCUT2D eigenvalue weighted by molar-refractivity contribution is -0.147. The number of benzene rings is 1. The van der Waals surface area contributed by atoms with Crippen molar-refractivity contribution < 1.29 is 27.9 Å². The number of rotatable bonds is 8. The Hall–Kier alpha value is -2.26. The molecule has 1 aromatic carbocycles. The van der Waals surface area contributed by atoms with E-state index in [1.807, 2.05) is 6.92 Å². The Balaban J connectivity index is 1.62. The van der Waals surface area contributed by atoms with E-state index >= 15 is 0 Å². The number of amides is 1. The molecule has 1 amide bonds. The number of aromatic nitrogens is 2. The van der Waals surface area contributed by atoms with Gasteiger partial charge in [-0.05, 0) is 81.0 Å². The van der Waals surface area contributed by atoms with Crippen LogP contribution in [-0.4, -0.2) is 44.8 Å². The first-order chi connectivity index (χ1) is 18.5. The topological polar surface area (TPSA) is 75.4 Å². The predicted octanol–water partition coefficient (Wildman–Crippen LogP) is 7.60. The van der Waals surface area contributed by atoms with Gasteiger partial charge in [0.1, 0.15) is 0 Å². The highest BCUT2D eigenvalue weighted by atomic mass is 35.5. The maximum atomic E-state index is 14.4. The van der Waals surface area contributed by atoms with Crippen molar-refractivity contribution in [1.29, 1.82) is 0 Å². The molecule has 0 atom stereocenters. The Morgan fingerprint density at radius 2 is 1.67 bits per heavy atom. The summed E-state index contributed by atoms with van der Waals surface area (Å²) in [5.74, 6) is -2.01. The van der Waals surface area contributed by atoms with E-state index < -0.39 is 41.3 Å². The highest BCUT2D eigenvalue weighted by molar-refractivity contribution is 6.36. The van der Waals surface area contributed by atoms with Crippen LogP contribution in [0.3, 0.4) is 0 Å². The van der Waals surface area contributed by atoms with Crippen LogP contribution in [0, 0.1) is 18.8 Å². The van der Waals surface area contributed by atoms with E-state index in [1.54, 1.807) is 12.1 Å². The predicted molar refractivity (Wildman–Crippen MR) is 143 cm³/mol. The smallest absolute Gasteiger partial charge is 0.433 e. The van der Waals surface area contributed by atoms with E-state index in [-0.39, 0.29) is 38.1 Å². The number of carbonyl (C=O) groups excluding carboxylic acids is 1. The van der Waals surface area contributed by atoms with Crippen molar-refractivity contribution in [2.45, 2.75) is 83.4 Å². The summed E-state index contributed by atoms with van der Waals surface area (Å²) in [6.07, 6.45) is 2.62. The number of carboxylic acid groups (broad SMARTS) is 1. The van der Waals surface area contributed by atoms with Gasteiger partial charge in [0.15, 0.2) is 5.69 Å². The molecule has 39 heavy (non-hydrogen) atoms. The second-order valence-electron chi connectivity index (χ2n) is 10.9. The third-order valence-electron chi connectivity index (χ3n) is 8.09. The third kappa shape index (κ3) is 7.09. The molecule has 2 aliphatic rings. The average molecular weight is 588 g/mol. The first-order valence-corrected chi connectivity index (χ1v) is 14.3. The number of nitrogens with zero attached hydrogens (tertiary/aromatic N) is 3. The summed E-state index contributed by atoms with van der Waals surface area (Å²) < 4.78 is 44.2. The molecule has 2 saturated carbocycles. The normalized spacial score (nSPS) is 20.7. The van der Waals surface area contributed by atoms with E-state index in [4.69, 9.17) is 23.2 Å². The van der Waals surface area contributed by atoms with Crippen molar-refractivity contribution >= 4 is 35.1 Å². The Bertz CT molecular complexity index is 1160. The number of carboxylic acids is 1. The first kappa shape index (κ1) is 29.7. The minimum atomic E-state index is -4.80. The van der Waals surface area contributed by atoms with E-state index in [1.165, 1.54) is 4.90 Å². The lowest BCUT2D eigenvalue weighted by atomic mass is 9.86. The standard InChI is InChI=1S/C28H34Cl2F3N3O3/c1-17-13-23(29)21(24(30)14-17)11-12-35(16-18-5-3-2-4-6-18)26(37)22-15-34-36(25(22)28(31,32)33)20-9-7-19(8-10-20)27(38)39/h13-15,18-20H,2-12,16H2,1H3,(H,38,39)/t19-,20-. The van der Waals surface area contributed by atoms with Gasteiger partial charge in [-0.2, -0.15) is 18.3 Å². The zero-order chi connectivity index (χ0) is 28.3. The van der Waals surface area contributed by atoms with Crippen LogP contribution in [0.4, 0.5) is 13.2 Å². The summed E-state index contributed by atoms with van der Waals surface area (Å²) in [5, 5.41) is 14.2. The molecule has 11 heteroatoms. The van der Waals surface area contributed by atoms with Gasteiger partial charge in [-0.1, -0.05) is 42.5 Å². The zero-order valence-electron chi connectivity index (χ0n) is 21.9. The zero-order valence-corrected chi connectivity index (χ0v) is 23.5. The van der Waals surface area contributed by atoms with Gasteiger partial charge in [0.2, 0.25) is 0 Å². The van der Waals surface area contributed by atoms with Crippen molar-refractivity contribution in [2.24, 2.45) is 11.8 Å². The van der Waals surface area contributed by atoms with Gasteiger partial charge in [0.25, 0.3) is 5.91 Å². The Kier molecular flexibility index (Phi) is 9.53. The molecule has 0 spiro atoms. The molecule has 6 nitrogen and oxygen atoms in total. The highest BCUT2D eigenvalue weighted by Crippen LogP contribution is 2.39. The van der Waals surface area contributed by atoms with Gasteiger partial charge < -0.3 is 10.0 Å². The highest BCUT2D eigenvalue weighted by Gasteiger charge is 2.43. The van der Waals surface area contributed by atoms with Crippen LogP contribution in [0.1, 0.15) is 91.0 Å². The summed E-state index contributed by atoms with van der Waals surface area (Å²) in [6, 6.07) is 2.94. The lowest BCUT2D eigenvalue weighted by Gasteiger charge is -2.31. The maximum absolute atomic E-state index is 14.4. The molecule has 2 aromatic rings. The molecular weight excluding hydrogens is 554 g/mol. The number of alkyl halides is 3. The largest absolute Gasteiger partial charge is 0.481 e. The molecule has 0 saturated heterocycles. The number of hydrogen-bond acceptors (Lipinski definition) is 3. The summed E-state index contributed by atoms with van der Waals surface area (Å²) in [7, 11) is 0. The minimum absolute atomic E-state index is 0.171. The van der Waals surface area contributed by atoms with Crippen LogP contribution in [-0.2, 0) is 17.4 Å². The summed E-state index contributed by atoms with van der Waals surface area (Å²) in [6.45, 7) is 2.39. The van der Waals surface area contributed by atoms with Crippen LogP contribution < -0.4 is 0 Å². The number of halogens is 5. The molecule has 214 valence electrons. The van der Waals surface area contributed by atoms with Gasteiger partial charge in [0.05, 0.1) is 23.7 Å². The minimum Gasteiger partial charge on any atom is -0.481 e. The first-order valence-electron chi connectivity index (χ1n) is 13.6. The van der Waals surface area contributed by atoms with E-state index in [0.717, 1.165) is 48.5 Å². The molecule has 0 radical (unpaired) electrons. The number of aliphatic carboxylic acids is 1. The second kappa shape index (κ2) is 12.5. The maximum Gasteiger partial charge on any atom is 0.433 e. The van der Waals surface area contributed by atoms with Crippen LogP contribution in [0.15, 0.2) is 18.3 Å². The molecule has 0 aliphatic heterocycles. The molecular formula is C28H34Cl2F3N3O3. The fraction of sp³-hybridized carbons (Fsp3) is 0.607. The number of carbonyl (C=O) groups is 2. The fourth-order valence-corrected chi connectivity index (χ4v) is 6.77. The van der Waals surface area contributed by atoms with Gasteiger partial charge >= 0.3 is 12.1 Å². The average Bonchev–Trinajstić information content (AvgIpc) is 3.34. The molecule has 0 unspecified atom stereocenters. The van der Waals surface area contributed by atoms with E-state index in [2.05, 4.69) is 5.10 Å². The molecule has 1 N–H and O–H groups in total. The van der Waals surface area contributed by atoms with Crippen molar-refractivity contribution in [3.8, 4) is 0 Å². The molecule has 2 aliphatic carbocycles. The third-order valence-corrected chi connectivity index (χ3v) is 8.77.